The maximum Gasteiger partial charge on any atom is 0.119 e. The van der Waals surface area contributed by atoms with Gasteiger partial charge in [-0.2, -0.15) is 0 Å². The Labute approximate surface area is 165 Å². The fourth-order valence-electron chi connectivity index (χ4n) is 2.76. The lowest BCUT2D eigenvalue weighted by Crippen LogP contribution is -2.02. The third-order valence-electron chi connectivity index (χ3n) is 4.11. The van der Waals surface area contributed by atoms with E-state index >= 15 is 0 Å². The smallest absolute Gasteiger partial charge is 0.119 e. The first-order valence-electron chi connectivity index (χ1n) is 9.27. The van der Waals surface area contributed by atoms with Crippen LogP contribution in [0.3, 0.4) is 0 Å². The molecule has 0 radical (unpaired) electrons. The number of ether oxygens (including phenoxy) is 2. The molecule has 0 amide bonds. The first-order chi connectivity index (χ1) is 13.6. The van der Waals surface area contributed by atoms with Gasteiger partial charge in [-0.1, -0.05) is 0 Å². The number of hydrogen-bond acceptors (Lipinski definition) is 6. The molecular formula is C22H26N4O2. The quantitative estimate of drug-likeness (QED) is 0.406. The van der Waals surface area contributed by atoms with Crippen LogP contribution in [0.5, 0.6) is 11.5 Å². The molecule has 0 bridgehead atoms. The zero-order valence-corrected chi connectivity index (χ0v) is 16.2. The Bertz CT molecular complexity index is 836. The van der Waals surface area contributed by atoms with E-state index in [0.717, 1.165) is 34.2 Å². The lowest BCUT2D eigenvalue weighted by molar-refractivity contribution is 0.340. The molecule has 0 unspecified atom stereocenters. The zero-order chi connectivity index (χ0) is 19.9. The second-order valence-electron chi connectivity index (χ2n) is 6.19. The summed E-state index contributed by atoms with van der Waals surface area (Å²) < 4.78 is 10.9. The highest BCUT2D eigenvalue weighted by molar-refractivity contribution is 5.85. The Balaban J connectivity index is 1.77. The van der Waals surface area contributed by atoms with Gasteiger partial charge in [-0.25, -0.2) is 0 Å². The summed E-state index contributed by atoms with van der Waals surface area (Å²) in [4.78, 5) is 0. The Morgan fingerprint density at radius 3 is 1.39 bits per heavy atom. The monoisotopic (exact) mass is 378 g/mol. The fourth-order valence-corrected chi connectivity index (χ4v) is 2.76. The van der Waals surface area contributed by atoms with Crippen molar-refractivity contribution in [2.75, 3.05) is 35.3 Å². The van der Waals surface area contributed by atoms with Gasteiger partial charge in [-0.15, -0.1) is 0 Å². The van der Waals surface area contributed by atoms with Crippen molar-refractivity contribution in [3.8, 4) is 11.5 Å². The molecule has 0 aliphatic heterocycles. The van der Waals surface area contributed by atoms with Crippen molar-refractivity contribution in [3.05, 3.63) is 60.7 Å². The van der Waals surface area contributed by atoms with Crippen LogP contribution in [0.4, 0.5) is 34.1 Å². The van der Waals surface area contributed by atoms with Crippen LogP contribution in [0.15, 0.2) is 60.7 Å². The summed E-state index contributed by atoms with van der Waals surface area (Å²) in [6.07, 6.45) is 0. The lowest BCUT2D eigenvalue weighted by Gasteiger charge is -2.16. The van der Waals surface area contributed by atoms with E-state index in [2.05, 4.69) is 10.6 Å². The Morgan fingerprint density at radius 1 is 0.643 bits per heavy atom. The largest absolute Gasteiger partial charge is 0.494 e. The highest BCUT2D eigenvalue weighted by Crippen LogP contribution is 2.34. The van der Waals surface area contributed by atoms with Gasteiger partial charge in [0.05, 0.1) is 36.0 Å². The van der Waals surface area contributed by atoms with Gasteiger partial charge in [0.25, 0.3) is 0 Å². The first-order valence-corrected chi connectivity index (χ1v) is 9.27. The van der Waals surface area contributed by atoms with Gasteiger partial charge in [0.1, 0.15) is 11.5 Å². The molecule has 0 aliphatic rings. The van der Waals surface area contributed by atoms with Crippen LogP contribution in [0, 0.1) is 0 Å². The molecule has 0 fully saturated rings. The van der Waals surface area contributed by atoms with Gasteiger partial charge in [0.2, 0.25) is 0 Å². The molecule has 6 heteroatoms. The van der Waals surface area contributed by atoms with E-state index in [9.17, 15) is 0 Å². The van der Waals surface area contributed by atoms with Crippen LogP contribution in [-0.2, 0) is 0 Å². The number of rotatable bonds is 8. The summed E-state index contributed by atoms with van der Waals surface area (Å²) >= 11 is 0. The van der Waals surface area contributed by atoms with E-state index in [1.807, 2.05) is 68.4 Å². The summed E-state index contributed by atoms with van der Waals surface area (Å²) in [5, 5.41) is 6.65. The van der Waals surface area contributed by atoms with E-state index in [1.165, 1.54) is 0 Å². The third kappa shape index (κ3) is 4.79. The molecule has 3 aromatic rings. The number of anilines is 6. The molecule has 146 valence electrons. The molecule has 0 aromatic heterocycles. The van der Waals surface area contributed by atoms with Gasteiger partial charge in [-0.05, 0) is 74.5 Å². The molecule has 0 atom stereocenters. The van der Waals surface area contributed by atoms with Crippen LogP contribution >= 0.6 is 0 Å². The minimum absolute atomic E-state index is 0.573. The third-order valence-corrected chi connectivity index (χ3v) is 4.11. The fraction of sp³-hybridized carbons (Fsp3) is 0.182. The predicted molar refractivity (Wildman–Crippen MR) is 117 cm³/mol. The van der Waals surface area contributed by atoms with Crippen molar-refractivity contribution >= 4 is 34.1 Å². The van der Waals surface area contributed by atoms with Crippen LogP contribution < -0.4 is 31.6 Å². The number of hydrogen-bond donors (Lipinski definition) is 4. The molecule has 6 nitrogen and oxygen atoms in total. The van der Waals surface area contributed by atoms with Crippen molar-refractivity contribution in [2.45, 2.75) is 13.8 Å². The summed E-state index contributed by atoms with van der Waals surface area (Å²) in [6.45, 7) is 5.19. The van der Waals surface area contributed by atoms with E-state index < -0.39 is 0 Å². The predicted octanol–water partition coefficient (Wildman–Crippen LogP) is 5.14. The van der Waals surface area contributed by atoms with E-state index in [-0.39, 0.29) is 0 Å². The number of nitrogens with two attached hydrogens (primary N) is 2. The van der Waals surface area contributed by atoms with Gasteiger partial charge in [0, 0.05) is 11.4 Å². The summed E-state index contributed by atoms with van der Waals surface area (Å²) in [5.74, 6) is 1.66. The number of nitrogens with one attached hydrogen (secondary N) is 2. The van der Waals surface area contributed by atoms with Crippen molar-refractivity contribution < 1.29 is 9.47 Å². The minimum Gasteiger partial charge on any atom is -0.494 e. The Kier molecular flexibility index (Phi) is 6.11. The maximum absolute atomic E-state index is 6.15. The Morgan fingerprint density at radius 2 is 1.04 bits per heavy atom. The van der Waals surface area contributed by atoms with Crippen molar-refractivity contribution in [1.82, 2.24) is 0 Å². The molecule has 28 heavy (non-hydrogen) atoms. The van der Waals surface area contributed by atoms with Crippen LogP contribution in [0.25, 0.3) is 0 Å². The topological polar surface area (TPSA) is 94.6 Å². The average Bonchev–Trinajstić information content (AvgIpc) is 2.69. The van der Waals surface area contributed by atoms with Crippen LogP contribution in [-0.4, -0.2) is 13.2 Å². The van der Waals surface area contributed by atoms with Crippen LogP contribution in [0.2, 0.25) is 0 Å². The molecule has 0 saturated carbocycles. The molecule has 3 rings (SSSR count). The zero-order valence-electron chi connectivity index (χ0n) is 16.2. The van der Waals surface area contributed by atoms with Crippen molar-refractivity contribution in [3.63, 3.8) is 0 Å². The molecule has 0 saturated heterocycles. The van der Waals surface area contributed by atoms with E-state index in [1.54, 1.807) is 6.07 Å². The van der Waals surface area contributed by atoms with E-state index in [0.29, 0.717) is 24.6 Å². The molecule has 0 aliphatic carbocycles. The average molecular weight is 378 g/mol. The summed E-state index contributed by atoms with van der Waals surface area (Å²) in [7, 11) is 0. The standard InChI is InChI=1S/C22H26N4O2/c1-3-27-17-9-5-15(6-10-17)25-21-14-22(20(24)13-19(21)23)26-16-7-11-18(12-8-16)28-4-2/h5-14,25-26H,3-4,23-24H2,1-2H3. The highest BCUT2D eigenvalue weighted by atomic mass is 16.5. The SMILES string of the molecule is CCOc1ccc(Nc2cc(Nc3ccc(OCC)cc3)c(N)cc2N)cc1. The van der Waals surface area contributed by atoms with Gasteiger partial charge >= 0.3 is 0 Å². The molecule has 3 aromatic carbocycles. The van der Waals surface area contributed by atoms with Crippen molar-refractivity contribution in [1.29, 1.82) is 0 Å². The van der Waals surface area contributed by atoms with Gasteiger partial charge in [0.15, 0.2) is 0 Å². The second kappa shape index (κ2) is 8.90. The van der Waals surface area contributed by atoms with Crippen molar-refractivity contribution in [2.24, 2.45) is 0 Å². The molecule has 6 N–H and O–H groups in total. The second-order valence-corrected chi connectivity index (χ2v) is 6.19. The molecular weight excluding hydrogens is 352 g/mol. The normalized spacial score (nSPS) is 10.4. The lowest BCUT2D eigenvalue weighted by atomic mass is 10.2. The minimum atomic E-state index is 0.573. The summed E-state index contributed by atoms with van der Waals surface area (Å²) in [5.41, 5.74) is 16.8. The van der Waals surface area contributed by atoms with Crippen LogP contribution in [0.1, 0.15) is 13.8 Å². The molecule has 0 heterocycles. The number of nitrogen functional groups attached to an aromatic ring is 2. The van der Waals surface area contributed by atoms with Gasteiger partial charge in [-0.3, -0.25) is 0 Å². The number of benzene rings is 3. The Hall–Kier alpha value is -3.54. The van der Waals surface area contributed by atoms with E-state index in [4.69, 9.17) is 20.9 Å². The van der Waals surface area contributed by atoms with Gasteiger partial charge < -0.3 is 31.6 Å². The maximum atomic E-state index is 6.15. The summed E-state index contributed by atoms with van der Waals surface area (Å²) in [6, 6.07) is 19.1. The molecule has 0 spiro atoms. The first kappa shape index (κ1) is 19.2. The highest BCUT2D eigenvalue weighted by Gasteiger charge is 2.08.